The summed E-state index contributed by atoms with van der Waals surface area (Å²) >= 11 is 5.51. The van der Waals surface area contributed by atoms with Crippen LogP contribution in [0.25, 0.3) is 0 Å². The van der Waals surface area contributed by atoms with E-state index >= 15 is 0 Å². The Morgan fingerprint density at radius 3 is 2.33 bits per heavy atom. The van der Waals surface area contributed by atoms with E-state index < -0.39 is 0 Å². The molecule has 0 radical (unpaired) electrons. The molecule has 1 rings (SSSR count). The first-order valence-electron chi connectivity index (χ1n) is 5.92. The maximum absolute atomic E-state index is 12.9. The highest BCUT2D eigenvalue weighted by Gasteiger charge is 2.21. The van der Waals surface area contributed by atoms with E-state index in [1.54, 1.807) is 12.1 Å². The minimum atomic E-state index is -0.281. The van der Waals surface area contributed by atoms with Crippen LogP contribution in [0.1, 0.15) is 38.8 Å². The monoisotopic (exact) mass is 271 g/mol. The summed E-state index contributed by atoms with van der Waals surface area (Å²) < 4.78 is 12.9. The Bertz CT molecular complexity index is 397. The van der Waals surface area contributed by atoms with E-state index in [-0.39, 0.29) is 29.1 Å². The second-order valence-electron chi connectivity index (χ2n) is 5.57. The third-order valence-electron chi connectivity index (χ3n) is 2.55. The molecule has 1 amide bonds. The van der Waals surface area contributed by atoms with Gasteiger partial charge in [0.15, 0.2) is 0 Å². The fraction of sp³-hybridized carbons (Fsp3) is 0.500. The molecule has 1 atom stereocenters. The first-order valence-corrected chi connectivity index (χ1v) is 6.46. The van der Waals surface area contributed by atoms with Gasteiger partial charge in [0, 0.05) is 0 Å². The molecule has 1 N–H and O–H groups in total. The zero-order valence-electron chi connectivity index (χ0n) is 11.0. The van der Waals surface area contributed by atoms with Gasteiger partial charge in [0.05, 0.1) is 6.04 Å². The van der Waals surface area contributed by atoms with Gasteiger partial charge in [-0.2, -0.15) is 0 Å². The number of alkyl halides is 1. The zero-order chi connectivity index (χ0) is 13.8. The number of hydrogen-bond donors (Lipinski definition) is 1. The molecule has 0 spiro atoms. The minimum Gasteiger partial charge on any atom is -0.348 e. The molecule has 0 saturated heterocycles. The molecule has 100 valence electrons. The number of rotatable bonds is 4. The van der Waals surface area contributed by atoms with Crippen molar-refractivity contribution in [2.24, 2.45) is 5.41 Å². The molecule has 0 saturated carbocycles. The molecular formula is C14H19ClFNO. The van der Waals surface area contributed by atoms with Crippen molar-refractivity contribution in [3.8, 4) is 0 Å². The number of carbonyl (C=O) groups is 1. The Morgan fingerprint density at radius 1 is 1.33 bits per heavy atom. The van der Waals surface area contributed by atoms with E-state index in [0.29, 0.717) is 0 Å². The standard InChI is InChI=1S/C14H19ClFNO/c1-14(2,3)8-12(17-13(18)9-15)10-4-6-11(16)7-5-10/h4-7,12H,8-9H2,1-3H3,(H,17,18)/t12-/m0/s1. The number of halogens is 2. The third kappa shape index (κ3) is 5.05. The minimum absolute atomic E-state index is 0.0542. The highest BCUT2D eigenvalue weighted by atomic mass is 35.5. The van der Waals surface area contributed by atoms with Crippen molar-refractivity contribution < 1.29 is 9.18 Å². The van der Waals surface area contributed by atoms with Gasteiger partial charge in [0.2, 0.25) is 5.91 Å². The van der Waals surface area contributed by atoms with Crippen molar-refractivity contribution in [3.05, 3.63) is 35.6 Å². The smallest absolute Gasteiger partial charge is 0.235 e. The average Bonchev–Trinajstić information content (AvgIpc) is 2.27. The fourth-order valence-electron chi connectivity index (χ4n) is 1.79. The van der Waals surface area contributed by atoms with Crippen molar-refractivity contribution in [2.75, 3.05) is 5.88 Å². The normalized spacial score (nSPS) is 13.2. The van der Waals surface area contributed by atoms with Crippen molar-refractivity contribution in [3.63, 3.8) is 0 Å². The van der Waals surface area contributed by atoms with Crippen LogP contribution in [0.2, 0.25) is 0 Å². The molecule has 0 aliphatic rings. The van der Waals surface area contributed by atoms with Crippen LogP contribution in [0.3, 0.4) is 0 Å². The molecule has 0 heterocycles. The molecule has 0 unspecified atom stereocenters. The number of nitrogens with one attached hydrogen (secondary N) is 1. The maximum Gasteiger partial charge on any atom is 0.235 e. The first kappa shape index (κ1) is 15.0. The average molecular weight is 272 g/mol. The lowest BCUT2D eigenvalue weighted by Crippen LogP contribution is -2.32. The molecule has 0 fully saturated rings. The summed E-state index contributed by atoms with van der Waals surface area (Å²) in [5.41, 5.74) is 0.948. The number of amides is 1. The van der Waals surface area contributed by atoms with Gasteiger partial charge in [-0.25, -0.2) is 4.39 Å². The van der Waals surface area contributed by atoms with Crippen LogP contribution < -0.4 is 5.32 Å². The lowest BCUT2D eigenvalue weighted by atomic mass is 9.85. The Morgan fingerprint density at radius 2 is 1.89 bits per heavy atom. The van der Waals surface area contributed by atoms with Gasteiger partial charge in [0.1, 0.15) is 11.7 Å². The molecule has 0 bridgehead atoms. The Hall–Kier alpha value is -1.09. The van der Waals surface area contributed by atoms with E-state index in [9.17, 15) is 9.18 Å². The molecule has 2 nitrogen and oxygen atoms in total. The summed E-state index contributed by atoms with van der Waals surface area (Å²) in [7, 11) is 0. The van der Waals surface area contributed by atoms with Gasteiger partial charge in [-0.05, 0) is 29.5 Å². The van der Waals surface area contributed by atoms with Crippen LogP contribution in [-0.2, 0) is 4.79 Å². The lowest BCUT2D eigenvalue weighted by Gasteiger charge is -2.27. The fourth-order valence-corrected chi connectivity index (χ4v) is 1.87. The molecular weight excluding hydrogens is 253 g/mol. The largest absolute Gasteiger partial charge is 0.348 e. The van der Waals surface area contributed by atoms with Crippen molar-refractivity contribution in [1.82, 2.24) is 5.32 Å². The van der Waals surface area contributed by atoms with Crippen LogP contribution in [0.15, 0.2) is 24.3 Å². The topological polar surface area (TPSA) is 29.1 Å². The second kappa shape index (κ2) is 6.19. The number of benzene rings is 1. The van der Waals surface area contributed by atoms with Gasteiger partial charge < -0.3 is 5.32 Å². The molecule has 0 aliphatic carbocycles. The summed E-state index contributed by atoms with van der Waals surface area (Å²) in [5.74, 6) is -0.561. The Kier molecular flexibility index (Phi) is 5.15. The lowest BCUT2D eigenvalue weighted by molar-refractivity contribution is -0.119. The summed E-state index contributed by atoms with van der Waals surface area (Å²) in [5, 5.41) is 2.87. The third-order valence-corrected chi connectivity index (χ3v) is 2.79. The van der Waals surface area contributed by atoms with Gasteiger partial charge in [0.25, 0.3) is 0 Å². The van der Waals surface area contributed by atoms with E-state index in [1.165, 1.54) is 12.1 Å². The molecule has 1 aromatic carbocycles. The summed E-state index contributed by atoms with van der Waals surface area (Å²) in [6.45, 7) is 6.28. The highest BCUT2D eigenvalue weighted by molar-refractivity contribution is 6.27. The number of hydrogen-bond acceptors (Lipinski definition) is 1. The van der Waals surface area contributed by atoms with Crippen LogP contribution >= 0.6 is 11.6 Å². The Labute approximate surface area is 113 Å². The predicted molar refractivity (Wildman–Crippen MR) is 72.1 cm³/mol. The van der Waals surface area contributed by atoms with Crippen molar-refractivity contribution in [1.29, 1.82) is 0 Å². The quantitative estimate of drug-likeness (QED) is 0.832. The van der Waals surface area contributed by atoms with Crippen LogP contribution in [0.5, 0.6) is 0 Å². The summed E-state index contributed by atoms with van der Waals surface area (Å²) in [4.78, 5) is 11.4. The van der Waals surface area contributed by atoms with E-state index in [2.05, 4.69) is 26.1 Å². The molecule has 18 heavy (non-hydrogen) atoms. The van der Waals surface area contributed by atoms with Crippen LogP contribution in [0, 0.1) is 11.2 Å². The predicted octanol–water partition coefficient (Wildman–Crippen LogP) is 3.66. The molecule has 0 aliphatic heterocycles. The summed E-state index contributed by atoms with van der Waals surface area (Å²) in [6, 6.07) is 6.05. The molecule has 0 aromatic heterocycles. The first-order chi connectivity index (χ1) is 8.31. The maximum atomic E-state index is 12.9. The van der Waals surface area contributed by atoms with Crippen molar-refractivity contribution in [2.45, 2.75) is 33.2 Å². The molecule has 4 heteroatoms. The SMILES string of the molecule is CC(C)(C)C[C@H](NC(=O)CCl)c1ccc(F)cc1. The van der Waals surface area contributed by atoms with E-state index in [4.69, 9.17) is 11.6 Å². The molecule has 1 aromatic rings. The van der Waals surface area contributed by atoms with Gasteiger partial charge >= 0.3 is 0 Å². The van der Waals surface area contributed by atoms with E-state index in [1.807, 2.05) is 0 Å². The van der Waals surface area contributed by atoms with Crippen molar-refractivity contribution >= 4 is 17.5 Å². The van der Waals surface area contributed by atoms with Crippen LogP contribution in [0.4, 0.5) is 4.39 Å². The highest BCUT2D eigenvalue weighted by Crippen LogP contribution is 2.29. The Balaban J connectivity index is 2.89. The van der Waals surface area contributed by atoms with Crippen LogP contribution in [-0.4, -0.2) is 11.8 Å². The van der Waals surface area contributed by atoms with Gasteiger partial charge in [-0.15, -0.1) is 11.6 Å². The zero-order valence-corrected chi connectivity index (χ0v) is 11.7. The van der Waals surface area contributed by atoms with Gasteiger partial charge in [-0.1, -0.05) is 32.9 Å². The van der Waals surface area contributed by atoms with Gasteiger partial charge in [-0.3, -0.25) is 4.79 Å². The second-order valence-corrected chi connectivity index (χ2v) is 5.84. The summed E-state index contributed by atoms with van der Waals surface area (Å²) in [6.07, 6.45) is 0.765. The number of carbonyl (C=O) groups excluding carboxylic acids is 1. The van der Waals surface area contributed by atoms with E-state index in [0.717, 1.165) is 12.0 Å².